The Morgan fingerprint density at radius 2 is 2.10 bits per heavy atom. The maximum Gasteiger partial charge on any atom is 0.237 e. The lowest BCUT2D eigenvalue weighted by atomic mass is 10.0. The fraction of sp³-hybridized carbons (Fsp3) is 0.667. The van der Waals surface area contributed by atoms with Crippen molar-refractivity contribution in [2.75, 3.05) is 25.0 Å². The molecule has 114 valence electrons. The third-order valence-corrected chi connectivity index (χ3v) is 4.41. The fourth-order valence-electron chi connectivity index (χ4n) is 3.21. The van der Waals surface area contributed by atoms with Crippen molar-refractivity contribution in [2.45, 2.75) is 44.2 Å². The van der Waals surface area contributed by atoms with Crippen molar-refractivity contribution < 1.29 is 4.79 Å². The van der Waals surface area contributed by atoms with Gasteiger partial charge in [-0.25, -0.2) is 9.97 Å². The highest BCUT2D eigenvalue weighted by molar-refractivity contribution is 5.81. The first-order valence-corrected chi connectivity index (χ1v) is 7.87. The molecule has 0 aromatic carbocycles. The van der Waals surface area contributed by atoms with Crippen molar-refractivity contribution >= 4 is 11.7 Å². The summed E-state index contributed by atoms with van der Waals surface area (Å²) >= 11 is 0. The van der Waals surface area contributed by atoms with Gasteiger partial charge < -0.3 is 10.6 Å². The number of hydrogen-bond donors (Lipinski definition) is 2. The average Bonchev–Trinajstić information content (AvgIpc) is 2.74. The first-order chi connectivity index (χ1) is 10.3. The molecule has 2 fully saturated rings. The van der Waals surface area contributed by atoms with E-state index in [0.29, 0.717) is 6.04 Å². The van der Waals surface area contributed by atoms with Crippen LogP contribution in [0, 0.1) is 0 Å². The van der Waals surface area contributed by atoms with Crippen LogP contribution in [0.3, 0.4) is 0 Å². The van der Waals surface area contributed by atoms with Gasteiger partial charge in [-0.3, -0.25) is 9.69 Å². The number of hydrogen-bond acceptors (Lipinski definition) is 5. The maximum absolute atomic E-state index is 12.1. The van der Waals surface area contributed by atoms with E-state index in [9.17, 15) is 4.79 Å². The molecule has 0 radical (unpaired) electrons. The second kappa shape index (κ2) is 6.85. The highest BCUT2D eigenvalue weighted by Gasteiger charge is 2.30. The molecular formula is C15H23N5O. The molecule has 1 aromatic rings. The summed E-state index contributed by atoms with van der Waals surface area (Å²) in [5, 5.41) is 6.48. The van der Waals surface area contributed by atoms with Gasteiger partial charge in [-0.1, -0.05) is 0 Å². The number of piperidine rings is 1. The van der Waals surface area contributed by atoms with Crippen LogP contribution in [-0.2, 0) is 4.79 Å². The van der Waals surface area contributed by atoms with Crippen LogP contribution in [-0.4, -0.2) is 52.5 Å². The van der Waals surface area contributed by atoms with Crippen molar-refractivity contribution in [3.8, 4) is 0 Å². The third kappa shape index (κ3) is 3.69. The lowest BCUT2D eigenvalue weighted by molar-refractivity contribution is -0.126. The van der Waals surface area contributed by atoms with E-state index in [1.807, 2.05) is 6.07 Å². The number of likely N-dealkylation sites (tertiary alicyclic amines) is 1. The molecule has 3 heterocycles. The van der Waals surface area contributed by atoms with Crippen LogP contribution in [0.4, 0.5) is 5.82 Å². The van der Waals surface area contributed by atoms with Gasteiger partial charge in [0.1, 0.15) is 12.1 Å². The van der Waals surface area contributed by atoms with Crippen molar-refractivity contribution in [3.63, 3.8) is 0 Å². The smallest absolute Gasteiger partial charge is 0.237 e. The first-order valence-electron chi connectivity index (χ1n) is 7.87. The standard InChI is InChI=1S/C15H23N5O/c21-15-13(3-1-2-7-17-15)20-9-5-12(6-10-20)19-14-4-8-16-11-18-14/h4,8,11-13H,1-3,5-7,9-10H2,(H,17,21)(H,16,18,19). The molecule has 2 N–H and O–H groups in total. The van der Waals surface area contributed by atoms with Gasteiger partial charge >= 0.3 is 0 Å². The summed E-state index contributed by atoms with van der Waals surface area (Å²) in [7, 11) is 0. The summed E-state index contributed by atoms with van der Waals surface area (Å²) < 4.78 is 0. The van der Waals surface area contributed by atoms with Gasteiger partial charge in [-0.2, -0.15) is 0 Å². The normalized spacial score (nSPS) is 25.1. The van der Waals surface area contributed by atoms with Gasteiger partial charge in [-0.15, -0.1) is 0 Å². The zero-order valence-electron chi connectivity index (χ0n) is 12.3. The number of amides is 1. The molecule has 2 saturated heterocycles. The number of rotatable bonds is 3. The van der Waals surface area contributed by atoms with E-state index < -0.39 is 0 Å². The molecule has 0 bridgehead atoms. The zero-order chi connectivity index (χ0) is 14.5. The molecule has 1 aromatic heterocycles. The van der Waals surface area contributed by atoms with Gasteiger partial charge in [0, 0.05) is 31.9 Å². The third-order valence-electron chi connectivity index (χ3n) is 4.41. The van der Waals surface area contributed by atoms with Crippen LogP contribution in [0.15, 0.2) is 18.6 Å². The predicted octanol–water partition coefficient (Wildman–Crippen LogP) is 1.02. The number of anilines is 1. The number of nitrogens with one attached hydrogen (secondary N) is 2. The van der Waals surface area contributed by atoms with Gasteiger partial charge in [0.05, 0.1) is 6.04 Å². The first kappa shape index (κ1) is 14.3. The summed E-state index contributed by atoms with van der Waals surface area (Å²) in [6, 6.07) is 2.41. The molecule has 1 atom stereocenters. The van der Waals surface area contributed by atoms with E-state index in [2.05, 4.69) is 25.5 Å². The minimum atomic E-state index is 0.0764. The Bertz CT molecular complexity index is 458. The SMILES string of the molecule is O=C1NCCCCC1N1CCC(Nc2ccncn2)CC1. The molecule has 2 aliphatic rings. The quantitative estimate of drug-likeness (QED) is 0.869. The molecular weight excluding hydrogens is 266 g/mol. The Kier molecular flexibility index (Phi) is 4.65. The van der Waals surface area contributed by atoms with Crippen molar-refractivity contribution in [1.29, 1.82) is 0 Å². The van der Waals surface area contributed by atoms with Crippen molar-refractivity contribution in [2.24, 2.45) is 0 Å². The molecule has 6 heteroatoms. The number of carbonyl (C=O) groups is 1. The zero-order valence-corrected chi connectivity index (χ0v) is 12.3. The van der Waals surface area contributed by atoms with Crippen molar-refractivity contribution in [3.05, 3.63) is 18.6 Å². The summed E-state index contributed by atoms with van der Waals surface area (Å²) in [5.41, 5.74) is 0. The molecule has 3 rings (SSSR count). The highest BCUT2D eigenvalue weighted by atomic mass is 16.2. The average molecular weight is 289 g/mol. The van der Waals surface area contributed by atoms with E-state index in [-0.39, 0.29) is 11.9 Å². The van der Waals surface area contributed by atoms with Crippen LogP contribution in [0.5, 0.6) is 0 Å². The Morgan fingerprint density at radius 3 is 2.86 bits per heavy atom. The monoisotopic (exact) mass is 289 g/mol. The van der Waals surface area contributed by atoms with Crippen LogP contribution >= 0.6 is 0 Å². The van der Waals surface area contributed by atoms with E-state index in [1.165, 1.54) is 0 Å². The van der Waals surface area contributed by atoms with Gasteiger partial charge in [0.15, 0.2) is 0 Å². The minimum absolute atomic E-state index is 0.0764. The molecule has 0 aliphatic carbocycles. The second-order valence-corrected chi connectivity index (χ2v) is 5.85. The van der Waals surface area contributed by atoms with Crippen LogP contribution in [0.1, 0.15) is 32.1 Å². The van der Waals surface area contributed by atoms with E-state index in [4.69, 9.17) is 0 Å². The second-order valence-electron chi connectivity index (χ2n) is 5.85. The summed E-state index contributed by atoms with van der Waals surface area (Å²) in [5.74, 6) is 1.10. The summed E-state index contributed by atoms with van der Waals surface area (Å²) in [6.45, 7) is 2.78. The van der Waals surface area contributed by atoms with Gasteiger partial charge in [-0.05, 0) is 38.2 Å². The Morgan fingerprint density at radius 1 is 1.24 bits per heavy atom. The maximum atomic E-state index is 12.1. The molecule has 6 nitrogen and oxygen atoms in total. The van der Waals surface area contributed by atoms with Crippen molar-refractivity contribution in [1.82, 2.24) is 20.2 Å². The summed E-state index contributed by atoms with van der Waals surface area (Å²) in [4.78, 5) is 22.6. The highest BCUT2D eigenvalue weighted by Crippen LogP contribution is 2.20. The number of aromatic nitrogens is 2. The van der Waals surface area contributed by atoms with Gasteiger partial charge in [0.2, 0.25) is 5.91 Å². The number of nitrogens with zero attached hydrogens (tertiary/aromatic N) is 3. The lowest BCUT2D eigenvalue weighted by Crippen LogP contribution is -2.50. The minimum Gasteiger partial charge on any atom is -0.367 e. The Labute approximate surface area is 125 Å². The molecule has 0 spiro atoms. The molecule has 1 amide bonds. The van der Waals surface area contributed by atoms with E-state index in [0.717, 1.165) is 57.6 Å². The van der Waals surface area contributed by atoms with E-state index in [1.54, 1.807) is 12.5 Å². The summed E-state index contributed by atoms with van der Waals surface area (Å²) in [6.07, 6.45) is 8.65. The fourth-order valence-corrected chi connectivity index (χ4v) is 3.21. The molecule has 1 unspecified atom stereocenters. The van der Waals surface area contributed by atoms with E-state index >= 15 is 0 Å². The van der Waals surface area contributed by atoms with Crippen LogP contribution in [0.25, 0.3) is 0 Å². The van der Waals surface area contributed by atoms with Gasteiger partial charge in [0.25, 0.3) is 0 Å². The Hall–Kier alpha value is -1.69. The largest absolute Gasteiger partial charge is 0.367 e. The topological polar surface area (TPSA) is 70.2 Å². The Balaban J connectivity index is 1.51. The lowest BCUT2D eigenvalue weighted by Gasteiger charge is -2.36. The molecule has 0 saturated carbocycles. The molecule has 21 heavy (non-hydrogen) atoms. The molecule has 2 aliphatic heterocycles. The van der Waals surface area contributed by atoms with Crippen LogP contribution in [0.2, 0.25) is 0 Å². The number of carbonyl (C=O) groups excluding carboxylic acids is 1. The predicted molar refractivity (Wildman–Crippen MR) is 80.9 cm³/mol. The van der Waals surface area contributed by atoms with Crippen LogP contribution < -0.4 is 10.6 Å².